The Balaban J connectivity index is 2.14. The van der Waals surface area contributed by atoms with Gasteiger partial charge in [-0.05, 0) is 25.0 Å². The molecule has 1 atom stereocenters. The first-order chi connectivity index (χ1) is 7.65. The minimum absolute atomic E-state index is 0.579. The van der Waals surface area contributed by atoms with Crippen LogP contribution in [0.4, 0.5) is 0 Å². The van der Waals surface area contributed by atoms with E-state index in [1.807, 2.05) is 13.1 Å². The van der Waals surface area contributed by atoms with Gasteiger partial charge in [-0.15, -0.1) is 5.10 Å². The number of aryl methyl sites for hydroxylation is 1. The lowest BCUT2D eigenvalue weighted by Crippen LogP contribution is -2.01. The SMILES string of the molecule is Cc1cncc(Cn2cc(C(C)O)nn2)c1. The zero-order chi connectivity index (χ0) is 11.5. The average Bonchev–Trinajstić information content (AvgIpc) is 2.66. The van der Waals surface area contributed by atoms with Gasteiger partial charge in [0, 0.05) is 12.4 Å². The highest BCUT2D eigenvalue weighted by molar-refractivity contribution is 5.16. The standard InChI is InChI=1S/C11H14N4O/c1-8-3-10(5-12-4-8)6-15-7-11(9(2)16)13-14-15/h3-5,7,9,16H,6H2,1-2H3. The first-order valence-electron chi connectivity index (χ1n) is 5.14. The fourth-order valence-electron chi connectivity index (χ4n) is 1.47. The first kappa shape index (κ1) is 10.8. The molecule has 0 bridgehead atoms. The van der Waals surface area contributed by atoms with Gasteiger partial charge in [-0.1, -0.05) is 11.3 Å². The van der Waals surface area contributed by atoms with Crippen LogP contribution in [0.25, 0.3) is 0 Å². The molecule has 2 rings (SSSR count). The number of rotatable bonds is 3. The molecule has 1 unspecified atom stereocenters. The van der Waals surface area contributed by atoms with Crippen molar-refractivity contribution in [2.75, 3.05) is 0 Å². The van der Waals surface area contributed by atoms with Crippen LogP contribution in [-0.4, -0.2) is 25.1 Å². The number of nitrogens with zero attached hydrogens (tertiary/aromatic N) is 4. The summed E-state index contributed by atoms with van der Waals surface area (Å²) in [7, 11) is 0. The molecular formula is C11H14N4O. The first-order valence-corrected chi connectivity index (χ1v) is 5.14. The van der Waals surface area contributed by atoms with Crippen molar-refractivity contribution in [3.8, 4) is 0 Å². The van der Waals surface area contributed by atoms with Crippen molar-refractivity contribution in [1.82, 2.24) is 20.0 Å². The molecule has 2 heterocycles. The van der Waals surface area contributed by atoms with Gasteiger partial charge in [0.1, 0.15) is 5.69 Å². The Kier molecular flexibility index (Phi) is 2.96. The molecule has 0 aliphatic carbocycles. The molecule has 5 nitrogen and oxygen atoms in total. The van der Waals surface area contributed by atoms with E-state index in [2.05, 4.69) is 21.4 Å². The number of hydrogen-bond acceptors (Lipinski definition) is 4. The topological polar surface area (TPSA) is 63.8 Å². The number of aliphatic hydroxyl groups excluding tert-OH is 1. The molecule has 0 fully saturated rings. The van der Waals surface area contributed by atoms with Crippen molar-refractivity contribution >= 4 is 0 Å². The minimum atomic E-state index is -0.579. The third kappa shape index (κ3) is 2.43. The highest BCUT2D eigenvalue weighted by atomic mass is 16.3. The lowest BCUT2D eigenvalue weighted by Gasteiger charge is -2.01. The summed E-state index contributed by atoms with van der Waals surface area (Å²) < 4.78 is 1.69. The lowest BCUT2D eigenvalue weighted by atomic mass is 10.2. The highest BCUT2D eigenvalue weighted by Gasteiger charge is 2.06. The molecule has 84 valence electrons. The zero-order valence-electron chi connectivity index (χ0n) is 9.33. The van der Waals surface area contributed by atoms with Crippen molar-refractivity contribution in [3.63, 3.8) is 0 Å². The van der Waals surface area contributed by atoms with E-state index in [-0.39, 0.29) is 0 Å². The van der Waals surface area contributed by atoms with Gasteiger partial charge >= 0.3 is 0 Å². The van der Waals surface area contributed by atoms with Crippen molar-refractivity contribution in [2.45, 2.75) is 26.5 Å². The maximum Gasteiger partial charge on any atom is 0.111 e. The van der Waals surface area contributed by atoms with Gasteiger partial charge in [0.05, 0.1) is 18.8 Å². The smallest absolute Gasteiger partial charge is 0.111 e. The van der Waals surface area contributed by atoms with Crippen LogP contribution >= 0.6 is 0 Å². The Morgan fingerprint density at radius 1 is 1.44 bits per heavy atom. The van der Waals surface area contributed by atoms with Gasteiger partial charge in [-0.2, -0.15) is 0 Å². The summed E-state index contributed by atoms with van der Waals surface area (Å²) in [5.74, 6) is 0. The van der Waals surface area contributed by atoms with Gasteiger partial charge in [0.2, 0.25) is 0 Å². The van der Waals surface area contributed by atoms with E-state index in [1.165, 1.54) is 0 Å². The summed E-state index contributed by atoms with van der Waals surface area (Å²) in [6.07, 6.45) is 4.78. The second-order valence-corrected chi connectivity index (χ2v) is 3.89. The molecule has 16 heavy (non-hydrogen) atoms. The van der Waals surface area contributed by atoms with E-state index in [9.17, 15) is 5.11 Å². The third-order valence-electron chi connectivity index (χ3n) is 2.26. The van der Waals surface area contributed by atoms with Crippen LogP contribution < -0.4 is 0 Å². The Morgan fingerprint density at radius 2 is 2.25 bits per heavy atom. The normalized spacial score (nSPS) is 12.7. The van der Waals surface area contributed by atoms with Crippen LogP contribution in [0.2, 0.25) is 0 Å². The molecule has 0 spiro atoms. The summed E-state index contributed by atoms with van der Waals surface area (Å²) in [6, 6.07) is 2.05. The molecule has 2 aromatic heterocycles. The summed E-state index contributed by atoms with van der Waals surface area (Å²) in [6.45, 7) is 4.29. The van der Waals surface area contributed by atoms with E-state index < -0.39 is 6.10 Å². The summed E-state index contributed by atoms with van der Waals surface area (Å²) in [5, 5.41) is 17.1. The van der Waals surface area contributed by atoms with Gasteiger partial charge < -0.3 is 5.11 Å². The molecule has 1 N–H and O–H groups in total. The molecule has 0 saturated carbocycles. The maximum atomic E-state index is 9.32. The largest absolute Gasteiger partial charge is 0.387 e. The average molecular weight is 218 g/mol. The maximum absolute atomic E-state index is 9.32. The quantitative estimate of drug-likeness (QED) is 0.837. The Hall–Kier alpha value is -1.75. The zero-order valence-corrected chi connectivity index (χ0v) is 9.33. The molecule has 0 radical (unpaired) electrons. The predicted molar refractivity (Wildman–Crippen MR) is 58.7 cm³/mol. The van der Waals surface area contributed by atoms with Gasteiger partial charge in [0.25, 0.3) is 0 Å². The molecule has 0 aromatic carbocycles. The van der Waals surface area contributed by atoms with E-state index >= 15 is 0 Å². The van der Waals surface area contributed by atoms with Crippen LogP contribution in [0.15, 0.2) is 24.7 Å². The number of pyridine rings is 1. The van der Waals surface area contributed by atoms with E-state index in [4.69, 9.17) is 0 Å². The van der Waals surface area contributed by atoms with Gasteiger partial charge in [-0.3, -0.25) is 4.98 Å². The second-order valence-electron chi connectivity index (χ2n) is 3.89. The number of aliphatic hydroxyl groups is 1. The van der Waals surface area contributed by atoms with Crippen molar-refractivity contribution in [3.05, 3.63) is 41.5 Å². The van der Waals surface area contributed by atoms with Crippen molar-refractivity contribution in [2.24, 2.45) is 0 Å². The van der Waals surface area contributed by atoms with Gasteiger partial charge in [0.15, 0.2) is 0 Å². The predicted octanol–water partition coefficient (Wildman–Crippen LogP) is 1.08. The highest BCUT2D eigenvalue weighted by Crippen LogP contribution is 2.08. The van der Waals surface area contributed by atoms with Crippen LogP contribution in [0, 0.1) is 6.92 Å². The van der Waals surface area contributed by atoms with Crippen molar-refractivity contribution in [1.29, 1.82) is 0 Å². The Labute approximate surface area is 93.8 Å². The Bertz CT molecular complexity index is 478. The lowest BCUT2D eigenvalue weighted by molar-refractivity contribution is 0.194. The molecular weight excluding hydrogens is 204 g/mol. The monoisotopic (exact) mass is 218 g/mol. The van der Waals surface area contributed by atoms with E-state index in [0.717, 1.165) is 11.1 Å². The second kappa shape index (κ2) is 4.40. The fourth-order valence-corrected chi connectivity index (χ4v) is 1.47. The molecule has 0 saturated heterocycles. The van der Waals surface area contributed by atoms with E-state index in [0.29, 0.717) is 12.2 Å². The number of hydrogen-bond donors (Lipinski definition) is 1. The number of aromatic nitrogens is 4. The summed E-state index contributed by atoms with van der Waals surface area (Å²) in [4.78, 5) is 4.11. The minimum Gasteiger partial charge on any atom is -0.387 e. The van der Waals surface area contributed by atoms with Crippen LogP contribution in [-0.2, 0) is 6.54 Å². The third-order valence-corrected chi connectivity index (χ3v) is 2.26. The molecule has 0 amide bonds. The van der Waals surface area contributed by atoms with Crippen LogP contribution in [0.5, 0.6) is 0 Å². The van der Waals surface area contributed by atoms with Crippen LogP contribution in [0.3, 0.4) is 0 Å². The Morgan fingerprint density at radius 3 is 2.88 bits per heavy atom. The van der Waals surface area contributed by atoms with Crippen LogP contribution in [0.1, 0.15) is 29.8 Å². The molecule has 5 heteroatoms. The summed E-state index contributed by atoms with van der Waals surface area (Å²) in [5.41, 5.74) is 2.77. The fraction of sp³-hybridized carbons (Fsp3) is 0.364. The van der Waals surface area contributed by atoms with Gasteiger partial charge in [-0.25, -0.2) is 4.68 Å². The van der Waals surface area contributed by atoms with Crippen molar-refractivity contribution < 1.29 is 5.11 Å². The molecule has 2 aromatic rings. The molecule has 0 aliphatic heterocycles. The summed E-state index contributed by atoms with van der Waals surface area (Å²) >= 11 is 0. The molecule has 0 aliphatic rings. The van der Waals surface area contributed by atoms with E-state index in [1.54, 1.807) is 24.0 Å².